The van der Waals surface area contributed by atoms with Crippen LogP contribution in [0.5, 0.6) is 5.75 Å². The first-order valence-corrected chi connectivity index (χ1v) is 6.29. The van der Waals surface area contributed by atoms with Crippen LogP contribution in [0.3, 0.4) is 0 Å². The van der Waals surface area contributed by atoms with Gasteiger partial charge in [0, 0.05) is 19.2 Å². The predicted molar refractivity (Wildman–Crippen MR) is 73.1 cm³/mol. The van der Waals surface area contributed by atoms with Crippen molar-refractivity contribution in [1.29, 1.82) is 0 Å². The molecule has 2 N–H and O–H groups in total. The Kier molecular flexibility index (Phi) is 5.36. The van der Waals surface area contributed by atoms with Crippen molar-refractivity contribution in [2.75, 3.05) is 20.1 Å². The van der Waals surface area contributed by atoms with Crippen molar-refractivity contribution in [3.8, 4) is 5.75 Å². The van der Waals surface area contributed by atoms with Gasteiger partial charge < -0.3 is 15.3 Å². The summed E-state index contributed by atoms with van der Waals surface area (Å²) in [4.78, 5) is 25.3. The van der Waals surface area contributed by atoms with E-state index in [-0.39, 0.29) is 24.1 Å². The number of likely N-dealkylation sites (N-methyl/N-ethyl adjacent to an activating group) is 1. The van der Waals surface area contributed by atoms with Gasteiger partial charge in [0.1, 0.15) is 5.75 Å². The van der Waals surface area contributed by atoms with E-state index in [4.69, 9.17) is 0 Å². The van der Waals surface area contributed by atoms with E-state index >= 15 is 0 Å². The summed E-state index contributed by atoms with van der Waals surface area (Å²) < 4.78 is 0. The molecule has 0 aliphatic carbocycles. The molecule has 1 rings (SSSR count). The molecule has 0 aliphatic rings. The van der Waals surface area contributed by atoms with Gasteiger partial charge in [-0.2, -0.15) is 0 Å². The number of carbonyl (C=O) groups is 2. The summed E-state index contributed by atoms with van der Waals surface area (Å²) in [7, 11) is 1.54. The van der Waals surface area contributed by atoms with Gasteiger partial charge in [0.2, 0.25) is 5.91 Å². The number of aryl methyl sites for hydroxylation is 1. The summed E-state index contributed by atoms with van der Waals surface area (Å²) >= 11 is 0. The monoisotopic (exact) mass is 264 g/mol. The Bertz CT molecular complexity index is 472. The number of hydrogen-bond acceptors (Lipinski definition) is 3. The first-order chi connectivity index (χ1) is 8.99. The van der Waals surface area contributed by atoms with Gasteiger partial charge in [0.05, 0.1) is 6.54 Å². The van der Waals surface area contributed by atoms with Crippen molar-refractivity contribution in [2.24, 2.45) is 0 Å². The van der Waals surface area contributed by atoms with Crippen molar-refractivity contribution in [3.63, 3.8) is 0 Å². The summed E-state index contributed by atoms with van der Waals surface area (Å²) in [6, 6.07) is 4.60. The molecule has 0 saturated heterocycles. The largest absolute Gasteiger partial charge is 0.508 e. The highest BCUT2D eigenvalue weighted by molar-refractivity contribution is 5.97. The number of hydrogen-bond donors (Lipinski definition) is 2. The lowest BCUT2D eigenvalue weighted by atomic mass is 10.1. The molecule has 0 unspecified atom stereocenters. The van der Waals surface area contributed by atoms with Crippen LogP contribution < -0.4 is 5.32 Å². The second-order valence-corrected chi connectivity index (χ2v) is 4.40. The second-order valence-electron chi connectivity index (χ2n) is 4.40. The number of phenols is 1. The molecule has 5 nitrogen and oxygen atoms in total. The number of amides is 2. The average molecular weight is 264 g/mol. The van der Waals surface area contributed by atoms with Crippen LogP contribution >= 0.6 is 0 Å². The van der Waals surface area contributed by atoms with E-state index in [1.165, 1.54) is 17.0 Å². The minimum absolute atomic E-state index is 0.0451. The van der Waals surface area contributed by atoms with E-state index in [2.05, 4.69) is 5.32 Å². The zero-order valence-corrected chi connectivity index (χ0v) is 11.6. The number of phenolic OH excluding ortho intramolecular Hbond substituents is 1. The molecule has 0 aliphatic heterocycles. The Morgan fingerprint density at radius 3 is 2.58 bits per heavy atom. The third-order valence-corrected chi connectivity index (χ3v) is 2.83. The summed E-state index contributed by atoms with van der Waals surface area (Å²) in [6.07, 6.45) is 0.778. The van der Waals surface area contributed by atoms with Gasteiger partial charge in [-0.05, 0) is 37.1 Å². The lowest BCUT2D eigenvalue weighted by Crippen LogP contribution is -2.40. The number of benzene rings is 1. The highest BCUT2D eigenvalue weighted by Gasteiger charge is 2.19. The number of nitrogens with one attached hydrogen (secondary N) is 1. The molecule has 0 spiro atoms. The van der Waals surface area contributed by atoms with Crippen molar-refractivity contribution in [2.45, 2.75) is 20.3 Å². The van der Waals surface area contributed by atoms with Crippen LogP contribution in [0.25, 0.3) is 0 Å². The molecule has 19 heavy (non-hydrogen) atoms. The molecule has 104 valence electrons. The first-order valence-electron chi connectivity index (χ1n) is 6.29. The van der Waals surface area contributed by atoms with E-state index in [0.717, 1.165) is 6.42 Å². The van der Waals surface area contributed by atoms with Crippen molar-refractivity contribution in [1.82, 2.24) is 10.2 Å². The van der Waals surface area contributed by atoms with Gasteiger partial charge >= 0.3 is 0 Å². The fourth-order valence-corrected chi connectivity index (χ4v) is 1.83. The molecule has 2 amide bonds. The number of rotatable bonds is 5. The summed E-state index contributed by atoms with van der Waals surface area (Å²) in [5.74, 6) is -0.261. The Labute approximate surface area is 113 Å². The van der Waals surface area contributed by atoms with Crippen LogP contribution in [0.1, 0.15) is 29.3 Å². The Balaban J connectivity index is 2.95. The maximum Gasteiger partial charge on any atom is 0.254 e. The van der Waals surface area contributed by atoms with Gasteiger partial charge in [-0.3, -0.25) is 9.59 Å². The van der Waals surface area contributed by atoms with Crippen molar-refractivity contribution >= 4 is 11.8 Å². The van der Waals surface area contributed by atoms with Gasteiger partial charge in [-0.25, -0.2) is 0 Å². The summed E-state index contributed by atoms with van der Waals surface area (Å²) in [6.45, 7) is 4.28. The molecule has 0 atom stereocenters. The van der Waals surface area contributed by atoms with E-state index in [0.29, 0.717) is 17.7 Å². The van der Waals surface area contributed by atoms with Gasteiger partial charge in [-0.1, -0.05) is 6.92 Å². The zero-order chi connectivity index (χ0) is 14.4. The normalized spacial score (nSPS) is 10.1. The van der Waals surface area contributed by atoms with Crippen molar-refractivity contribution in [3.05, 3.63) is 29.3 Å². The second kappa shape index (κ2) is 6.78. The van der Waals surface area contributed by atoms with Crippen LogP contribution in [-0.4, -0.2) is 42.0 Å². The fraction of sp³-hybridized carbons (Fsp3) is 0.429. The minimum atomic E-state index is -0.196. The number of carbonyl (C=O) groups excluding carboxylic acids is 2. The zero-order valence-electron chi connectivity index (χ0n) is 11.6. The van der Waals surface area contributed by atoms with Crippen LogP contribution in [0.2, 0.25) is 0 Å². The smallest absolute Gasteiger partial charge is 0.254 e. The quantitative estimate of drug-likeness (QED) is 0.842. The third-order valence-electron chi connectivity index (χ3n) is 2.83. The van der Waals surface area contributed by atoms with E-state index < -0.39 is 0 Å². The van der Waals surface area contributed by atoms with Gasteiger partial charge in [0.25, 0.3) is 5.91 Å². The van der Waals surface area contributed by atoms with E-state index in [9.17, 15) is 14.7 Å². The fourth-order valence-electron chi connectivity index (χ4n) is 1.83. The van der Waals surface area contributed by atoms with Crippen LogP contribution in [0, 0.1) is 6.92 Å². The summed E-state index contributed by atoms with van der Waals surface area (Å²) in [5.41, 5.74) is 1.21. The number of nitrogens with zero attached hydrogens (tertiary/aromatic N) is 1. The van der Waals surface area contributed by atoms with Crippen LogP contribution in [-0.2, 0) is 4.79 Å². The molecule has 0 saturated carbocycles. The van der Waals surface area contributed by atoms with E-state index in [1.54, 1.807) is 20.0 Å². The molecule has 0 radical (unpaired) electrons. The van der Waals surface area contributed by atoms with Crippen LogP contribution in [0.4, 0.5) is 0 Å². The Hall–Kier alpha value is -2.04. The Morgan fingerprint density at radius 1 is 1.37 bits per heavy atom. The molecule has 0 fully saturated rings. The molecular weight excluding hydrogens is 244 g/mol. The maximum atomic E-state index is 12.4. The highest BCUT2D eigenvalue weighted by atomic mass is 16.3. The average Bonchev–Trinajstić information content (AvgIpc) is 2.37. The molecule has 0 heterocycles. The van der Waals surface area contributed by atoms with Gasteiger partial charge in [0.15, 0.2) is 0 Å². The topological polar surface area (TPSA) is 69.6 Å². The third kappa shape index (κ3) is 3.98. The Morgan fingerprint density at radius 2 is 2.05 bits per heavy atom. The van der Waals surface area contributed by atoms with Gasteiger partial charge in [-0.15, -0.1) is 0 Å². The predicted octanol–water partition coefficient (Wildman–Crippen LogP) is 1.30. The van der Waals surface area contributed by atoms with Crippen molar-refractivity contribution < 1.29 is 14.7 Å². The SMILES string of the molecule is CCCN(CC(=O)NC)C(=O)c1ccc(O)cc1C. The molecule has 0 bridgehead atoms. The maximum absolute atomic E-state index is 12.4. The number of aromatic hydroxyl groups is 1. The molecule has 5 heteroatoms. The molecule has 1 aromatic carbocycles. The lowest BCUT2D eigenvalue weighted by molar-refractivity contribution is -0.121. The summed E-state index contributed by atoms with van der Waals surface area (Å²) in [5, 5.41) is 11.9. The minimum Gasteiger partial charge on any atom is -0.508 e. The van der Waals surface area contributed by atoms with E-state index in [1.807, 2.05) is 6.92 Å². The lowest BCUT2D eigenvalue weighted by Gasteiger charge is -2.22. The molecule has 0 aromatic heterocycles. The molecule has 1 aromatic rings. The first kappa shape index (κ1) is 15.0. The van der Waals surface area contributed by atoms with Crippen LogP contribution in [0.15, 0.2) is 18.2 Å². The highest BCUT2D eigenvalue weighted by Crippen LogP contribution is 2.17. The molecular formula is C14H20N2O3. The standard InChI is InChI=1S/C14H20N2O3/c1-4-7-16(9-13(18)15-3)14(19)12-6-5-11(17)8-10(12)2/h5-6,8,17H,4,7,9H2,1-3H3,(H,15,18).